The van der Waals surface area contributed by atoms with Crippen molar-refractivity contribution in [2.45, 2.75) is 33.6 Å². The van der Waals surface area contributed by atoms with Crippen molar-refractivity contribution >= 4 is 28.9 Å². The first-order valence-corrected chi connectivity index (χ1v) is 8.88. The molecule has 3 rings (SSSR count). The van der Waals surface area contributed by atoms with Gasteiger partial charge in [0.05, 0.1) is 6.20 Å². The van der Waals surface area contributed by atoms with Crippen molar-refractivity contribution in [1.82, 2.24) is 15.2 Å². The highest BCUT2D eigenvalue weighted by atomic mass is 16.1. The maximum Gasteiger partial charge on any atom is 0.249 e. The minimum Gasteiger partial charge on any atom is -0.339 e. The molecule has 138 valence electrons. The predicted octanol–water partition coefficient (Wildman–Crippen LogP) is 4.99. The number of nitrogens with zero attached hydrogens (tertiary/aromatic N) is 3. The van der Waals surface area contributed by atoms with Gasteiger partial charge in [-0.05, 0) is 43.0 Å². The Hall–Kier alpha value is -3.28. The highest BCUT2D eigenvalue weighted by molar-refractivity contribution is 5.95. The van der Waals surface area contributed by atoms with E-state index in [0.29, 0.717) is 23.2 Å². The highest BCUT2D eigenvalue weighted by Gasteiger charge is 2.11. The Bertz CT molecular complexity index is 968. The molecule has 0 bridgehead atoms. The lowest BCUT2D eigenvalue weighted by Crippen LogP contribution is -2.06. The molecular weight excluding hydrogens is 338 g/mol. The van der Waals surface area contributed by atoms with Crippen LogP contribution in [0.5, 0.6) is 0 Å². The topological polar surface area (TPSA) is 79.8 Å². The first kappa shape index (κ1) is 18.5. The smallest absolute Gasteiger partial charge is 0.249 e. The molecule has 2 aromatic carbocycles. The normalized spacial score (nSPS) is 10.7. The summed E-state index contributed by atoms with van der Waals surface area (Å²) in [5, 5.41) is 14.6. The summed E-state index contributed by atoms with van der Waals surface area (Å²) in [4.78, 5) is 16.0. The van der Waals surface area contributed by atoms with Crippen LogP contribution >= 0.6 is 0 Å². The van der Waals surface area contributed by atoms with Crippen molar-refractivity contribution in [2.24, 2.45) is 0 Å². The van der Waals surface area contributed by atoms with Gasteiger partial charge < -0.3 is 10.6 Å². The van der Waals surface area contributed by atoms with Gasteiger partial charge in [-0.1, -0.05) is 44.2 Å². The Labute approximate surface area is 159 Å². The lowest BCUT2D eigenvalue weighted by Gasteiger charge is -2.16. The van der Waals surface area contributed by atoms with E-state index >= 15 is 0 Å². The minimum atomic E-state index is 0.0163. The highest BCUT2D eigenvalue weighted by Crippen LogP contribution is 2.29. The maximum atomic E-state index is 11.6. The third-order valence-corrected chi connectivity index (χ3v) is 4.26. The van der Waals surface area contributed by atoms with Gasteiger partial charge in [-0.3, -0.25) is 4.79 Å². The van der Waals surface area contributed by atoms with E-state index in [4.69, 9.17) is 0 Å². The van der Waals surface area contributed by atoms with Gasteiger partial charge >= 0.3 is 0 Å². The number of para-hydroxylation sites is 1. The van der Waals surface area contributed by atoms with Crippen molar-refractivity contribution in [2.75, 3.05) is 10.6 Å². The van der Waals surface area contributed by atoms with Crippen LogP contribution in [-0.4, -0.2) is 21.0 Å². The summed E-state index contributed by atoms with van der Waals surface area (Å²) in [6, 6.07) is 13.5. The molecule has 6 heteroatoms. The van der Waals surface area contributed by atoms with Crippen LogP contribution in [0.2, 0.25) is 0 Å². The van der Waals surface area contributed by atoms with Crippen LogP contribution < -0.4 is 10.6 Å². The van der Waals surface area contributed by atoms with Gasteiger partial charge in [0.2, 0.25) is 5.95 Å². The zero-order chi connectivity index (χ0) is 19.4. The SMILES string of the molecule is CC(=O)c1cccc(Nc2cnnc(Nc3c(C)cccc3C(C)C)n2)c1. The second-order valence-corrected chi connectivity index (χ2v) is 6.75. The largest absolute Gasteiger partial charge is 0.339 e. The number of aromatic nitrogens is 3. The van der Waals surface area contributed by atoms with E-state index < -0.39 is 0 Å². The molecule has 0 aliphatic rings. The van der Waals surface area contributed by atoms with Crippen molar-refractivity contribution in [1.29, 1.82) is 0 Å². The zero-order valence-corrected chi connectivity index (χ0v) is 15.9. The Morgan fingerprint density at radius 1 is 1.07 bits per heavy atom. The molecular formula is C21H23N5O. The monoisotopic (exact) mass is 361 g/mol. The van der Waals surface area contributed by atoms with Gasteiger partial charge in [0.25, 0.3) is 0 Å². The van der Waals surface area contributed by atoms with Crippen LogP contribution in [0, 0.1) is 6.92 Å². The van der Waals surface area contributed by atoms with E-state index in [1.165, 1.54) is 5.56 Å². The number of benzene rings is 2. The molecule has 1 aromatic heterocycles. The number of hydrogen-bond donors (Lipinski definition) is 2. The number of nitrogens with one attached hydrogen (secondary N) is 2. The van der Waals surface area contributed by atoms with Crippen molar-refractivity contribution in [3.05, 3.63) is 65.4 Å². The number of hydrogen-bond acceptors (Lipinski definition) is 6. The second kappa shape index (κ2) is 7.95. The van der Waals surface area contributed by atoms with E-state index in [0.717, 1.165) is 16.9 Å². The van der Waals surface area contributed by atoms with E-state index in [2.05, 4.69) is 64.8 Å². The summed E-state index contributed by atoms with van der Waals surface area (Å²) in [6.07, 6.45) is 1.55. The molecule has 6 nitrogen and oxygen atoms in total. The summed E-state index contributed by atoms with van der Waals surface area (Å²) in [5.41, 5.74) is 4.74. The Morgan fingerprint density at radius 2 is 1.85 bits per heavy atom. The van der Waals surface area contributed by atoms with Crippen LogP contribution in [0.3, 0.4) is 0 Å². The van der Waals surface area contributed by atoms with Crippen molar-refractivity contribution in [3.8, 4) is 0 Å². The molecule has 0 radical (unpaired) electrons. The number of anilines is 4. The average molecular weight is 361 g/mol. The average Bonchev–Trinajstić information content (AvgIpc) is 2.63. The molecule has 1 heterocycles. The fourth-order valence-electron chi connectivity index (χ4n) is 2.83. The molecule has 27 heavy (non-hydrogen) atoms. The summed E-state index contributed by atoms with van der Waals surface area (Å²) in [6.45, 7) is 7.90. The Balaban J connectivity index is 1.85. The van der Waals surface area contributed by atoms with Gasteiger partial charge in [-0.2, -0.15) is 10.1 Å². The van der Waals surface area contributed by atoms with Gasteiger partial charge in [0, 0.05) is 16.9 Å². The van der Waals surface area contributed by atoms with E-state index in [-0.39, 0.29) is 5.78 Å². The molecule has 0 aliphatic heterocycles. The fourth-order valence-corrected chi connectivity index (χ4v) is 2.83. The van der Waals surface area contributed by atoms with Crippen LogP contribution in [0.1, 0.15) is 48.2 Å². The summed E-state index contributed by atoms with van der Waals surface area (Å²) >= 11 is 0. The molecule has 0 saturated carbocycles. The molecule has 0 amide bonds. The van der Waals surface area contributed by atoms with Gasteiger partial charge in [-0.15, -0.1) is 5.10 Å². The number of carbonyl (C=O) groups is 1. The van der Waals surface area contributed by atoms with Crippen LogP contribution in [0.4, 0.5) is 23.1 Å². The standard InChI is InChI=1S/C21H23N5O/c1-13(2)18-10-5-7-14(3)20(18)25-21-24-19(12-22-26-21)23-17-9-6-8-16(11-17)15(4)27/h5-13H,1-4H3,(H2,23,24,25,26). The summed E-state index contributed by atoms with van der Waals surface area (Å²) in [7, 11) is 0. The molecule has 0 spiro atoms. The fraction of sp³-hybridized carbons (Fsp3) is 0.238. The van der Waals surface area contributed by atoms with Crippen molar-refractivity contribution in [3.63, 3.8) is 0 Å². The van der Waals surface area contributed by atoms with E-state index in [1.807, 2.05) is 12.1 Å². The Morgan fingerprint density at radius 3 is 2.59 bits per heavy atom. The summed E-state index contributed by atoms with van der Waals surface area (Å²) in [5.74, 6) is 1.35. The molecule has 2 N–H and O–H groups in total. The summed E-state index contributed by atoms with van der Waals surface area (Å²) < 4.78 is 0. The van der Waals surface area contributed by atoms with Gasteiger partial charge in [0.15, 0.2) is 11.6 Å². The number of ketones is 1. The van der Waals surface area contributed by atoms with E-state index in [9.17, 15) is 4.79 Å². The zero-order valence-electron chi connectivity index (χ0n) is 15.9. The van der Waals surface area contributed by atoms with Crippen LogP contribution in [0.15, 0.2) is 48.7 Å². The molecule has 0 saturated heterocycles. The van der Waals surface area contributed by atoms with Gasteiger partial charge in [-0.25, -0.2) is 0 Å². The number of rotatable bonds is 6. The third-order valence-electron chi connectivity index (χ3n) is 4.26. The molecule has 0 fully saturated rings. The lowest BCUT2D eigenvalue weighted by molar-refractivity contribution is 0.101. The minimum absolute atomic E-state index is 0.0163. The molecule has 0 aliphatic carbocycles. The third kappa shape index (κ3) is 4.47. The Kier molecular flexibility index (Phi) is 5.45. The molecule has 0 unspecified atom stereocenters. The number of Topliss-reactive ketones (excluding diaryl/α,β-unsaturated/α-hetero) is 1. The number of aryl methyl sites for hydroxylation is 1. The number of carbonyl (C=O) groups excluding carboxylic acids is 1. The molecule has 0 atom stereocenters. The van der Waals surface area contributed by atoms with Crippen LogP contribution in [0.25, 0.3) is 0 Å². The van der Waals surface area contributed by atoms with Crippen LogP contribution in [-0.2, 0) is 0 Å². The lowest BCUT2D eigenvalue weighted by atomic mass is 9.98. The molecule has 3 aromatic rings. The maximum absolute atomic E-state index is 11.6. The first-order chi connectivity index (χ1) is 12.9. The quantitative estimate of drug-likeness (QED) is 0.602. The first-order valence-electron chi connectivity index (χ1n) is 8.88. The predicted molar refractivity (Wildman–Crippen MR) is 108 cm³/mol. The second-order valence-electron chi connectivity index (χ2n) is 6.75. The van der Waals surface area contributed by atoms with Crippen molar-refractivity contribution < 1.29 is 4.79 Å². The van der Waals surface area contributed by atoms with Gasteiger partial charge in [0.1, 0.15) is 0 Å². The van der Waals surface area contributed by atoms with E-state index in [1.54, 1.807) is 25.3 Å².